The number of rotatable bonds is 5. The Hall–Kier alpha value is -2.07. The van der Waals surface area contributed by atoms with Gasteiger partial charge in [0.05, 0.1) is 6.54 Å². The largest absolute Gasteiger partial charge is 0.460 e. The molecule has 0 bridgehead atoms. The summed E-state index contributed by atoms with van der Waals surface area (Å²) in [6.45, 7) is 1.64. The zero-order valence-electron chi connectivity index (χ0n) is 11.0. The zero-order chi connectivity index (χ0) is 13.1. The molecular formula is C15H17N3O. The maximum absolute atomic E-state index is 5.75. The first-order valence-corrected chi connectivity index (χ1v) is 6.47. The van der Waals surface area contributed by atoms with E-state index in [1.165, 1.54) is 0 Å². The van der Waals surface area contributed by atoms with Crippen molar-refractivity contribution in [2.75, 3.05) is 6.54 Å². The Morgan fingerprint density at radius 1 is 1.32 bits per heavy atom. The highest BCUT2D eigenvalue weighted by Crippen LogP contribution is 2.18. The summed E-state index contributed by atoms with van der Waals surface area (Å²) >= 11 is 0. The number of furan rings is 1. The van der Waals surface area contributed by atoms with Crippen LogP contribution in [0.2, 0.25) is 0 Å². The van der Waals surface area contributed by atoms with Crippen LogP contribution in [0.25, 0.3) is 11.0 Å². The summed E-state index contributed by atoms with van der Waals surface area (Å²) in [7, 11) is 2.02. The molecule has 3 rings (SSSR count). The average molecular weight is 255 g/mol. The number of para-hydroxylation sites is 1. The molecule has 0 spiro atoms. The molecule has 2 heterocycles. The first kappa shape index (κ1) is 12.0. The molecule has 3 aromatic rings. The van der Waals surface area contributed by atoms with Crippen molar-refractivity contribution in [2.24, 2.45) is 7.05 Å². The van der Waals surface area contributed by atoms with Gasteiger partial charge in [-0.05, 0) is 12.1 Å². The van der Waals surface area contributed by atoms with Crippen molar-refractivity contribution in [3.8, 4) is 0 Å². The van der Waals surface area contributed by atoms with E-state index in [4.69, 9.17) is 4.42 Å². The second-order valence-electron chi connectivity index (χ2n) is 4.63. The fourth-order valence-electron chi connectivity index (χ4n) is 2.17. The van der Waals surface area contributed by atoms with Gasteiger partial charge in [-0.1, -0.05) is 18.2 Å². The summed E-state index contributed by atoms with van der Waals surface area (Å²) in [5, 5.41) is 4.54. The van der Waals surface area contributed by atoms with Crippen LogP contribution >= 0.6 is 0 Å². The summed E-state index contributed by atoms with van der Waals surface area (Å²) in [6, 6.07) is 10.2. The molecule has 1 aromatic carbocycles. The molecule has 0 aliphatic rings. The molecule has 2 aromatic heterocycles. The molecule has 4 heteroatoms. The molecule has 4 nitrogen and oxygen atoms in total. The Balaban J connectivity index is 1.53. The van der Waals surface area contributed by atoms with Crippen LogP contribution in [-0.4, -0.2) is 16.1 Å². The van der Waals surface area contributed by atoms with Gasteiger partial charge in [0, 0.05) is 37.8 Å². The van der Waals surface area contributed by atoms with Gasteiger partial charge >= 0.3 is 0 Å². The van der Waals surface area contributed by atoms with Crippen LogP contribution in [0, 0.1) is 0 Å². The lowest BCUT2D eigenvalue weighted by atomic mass is 10.2. The lowest BCUT2D eigenvalue weighted by molar-refractivity contribution is 0.512. The number of hydrogen-bond donors (Lipinski definition) is 1. The van der Waals surface area contributed by atoms with E-state index in [-0.39, 0.29) is 0 Å². The van der Waals surface area contributed by atoms with Crippen molar-refractivity contribution in [1.82, 2.24) is 14.9 Å². The lowest BCUT2D eigenvalue weighted by Gasteiger charge is -2.03. The normalized spacial score (nSPS) is 11.2. The predicted molar refractivity (Wildman–Crippen MR) is 74.8 cm³/mol. The fourth-order valence-corrected chi connectivity index (χ4v) is 2.17. The van der Waals surface area contributed by atoms with Gasteiger partial charge in [0.15, 0.2) is 0 Å². The molecule has 1 N–H and O–H groups in total. The highest BCUT2D eigenvalue weighted by Gasteiger charge is 2.03. The molecular weight excluding hydrogens is 238 g/mol. The van der Waals surface area contributed by atoms with E-state index in [2.05, 4.69) is 22.4 Å². The fraction of sp³-hybridized carbons (Fsp3) is 0.267. The van der Waals surface area contributed by atoms with E-state index >= 15 is 0 Å². The number of hydrogen-bond acceptors (Lipinski definition) is 3. The minimum absolute atomic E-state index is 0.749. The number of nitrogens with one attached hydrogen (secondary N) is 1. The molecule has 0 saturated heterocycles. The first-order valence-electron chi connectivity index (χ1n) is 6.47. The van der Waals surface area contributed by atoms with Crippen molar-refractivity contribution in [3.05, 3.63) is 54.3 Å². The van der Waals surface area contributed by atoms with Gasteiger partial charge in [0.2, 0.25) is 0 Å². The second kappa shape index (κ2) is 5.28. The predicted octanol–water partition coefficient (Wildman–Crippen LogP) is 2.50. The Bertz CT molecular complexity index is 636. The van der Waals surface area contributed by atoms with Crippen molar-refractivity contribution < 1.29 is 4.42 Å². The van der Waals surface area contributed by atoms with Crippen LogP contribution in [0.1, 0.15) is 11.6 Å². The molecule has 0 atom stereocenters. The minimum atomic E-state index is 0.749. The topological polar surface area (TPSA) is 43.0 Å². The molecule has 0 fully saturated rings. The molecule has 0 aliphatic heterocycles. The van der Waals surface area contributed by atoms with Gasteiger partial charge in [-0.25, -0.2) is 4.98 Å². The highest BCUT2D eigenvalue weighted by atomic mass is 16.3. The lowest BCUT2D eigenvalue weighted by Crippen LogP contribution is -2.17. The van der Waals surface area contributed by atoms with E-state index in [1.807, 2.05) is 42.2 Å². The van der Waals surface area contributed by atoms with Crippen LogP contribution in [0.4, 0.5) is 0 Å². The molecule has 0 unspecified atom stereocenters. The number of imidazole rings is 1. The summed E-state index contributed by atoms with van der Waals surface area (Å²) in [5.74, 6) is 2.07. The number of aromatic nitrogens is 2. The standard InChI is InChI=1S/C15H17N3O/c1-18-9-8-17-15(18)6-7-16-11-13-10-12-4-2-3-5-14(12)19-13/h2-5,8-10,16H,6-7,11H2,1H3. The smallest absolute Gasteiger partial charge is 0.134 e. The van der Waals surface area contributed by atoms with E-state index in [1.54, 1.807) is 0 Å². The quantitative estimate of drug-likeness (QED) is 0.712. The second-order valence-corrected chi connectivity index (χ2v) is 4.63. The van der Waals surface area contributed by atoms with Crippen molar-refractivity contribution in [1.29, 1.82) is 0 Å². The van der Waals surface area contributed by atoms with Gasteiger partial charge < -0.3 is 14.3 Å². The third-order valence-corrected chi connectivity index (χ3v) is 3.22. The Labute approximate surface area is 112 Å². The SMILES string of the molecule is Cn1ccnc1CCNCc1cc2ccccc2o1. The highest BCUT2D eigenvalue weighted by molar-refractivity contribution is 5.77. The van der Waals surface area contributed by atoms with Gasteiger partial charge in [-0.2, -0.15) is 0 Å². The monoisotopic (exact) mass is 255 g/mol. The number of nitrogens with zero attached hydrogens (tertiary/aromatic N) is 2. The van der Waals surface area contributed by atoms with E-state index in [0.29, 0.717) is 0 Å². The van der Waals surface area contributed by atoms with Gasteiger partial charge in [0.25, 0.3) is 0 Å². The van der Waals surface area contributed by atoms with Gasteiger partial charge in [-0.15, -0.1) is 0 Å². The minimum Gasteiger partial charge on any atom is -0.460 e. The molecule has 0 aliphatic carbocycles. The Kier molecular flexibility index (Phi) is 3.33. The van der Waals surface area contributed by atoms with Crippen LogP contribution in [0.5, 0.6) is 0 Å². The Morgan fingerprint density at radius 3 is 3.00 bits per heavy atom. The number of aryl methyl sites for hydroxylation is 1. The molecule has 0 amide bonds. The molecule has 0 radical (unpaired) electrons. The third-order valence-electron chi connectivity index (χ3n) is 3.22. The van der Waals surface area contributed by atoms with Crippen LogP contribution in [-0.2, 0) is 20.0 Å². The van der Waals surface area contributed by atoms with Crippen molar-refractivity contribution >= 4 is 11.0 Å². The maximum Gasteiger partial charge on any atom is 0.134 e. The van der Waals surface area contributed by atoms with Gasteiger partial charge in [0.1, 0.15) is 17.2 Å². The number of fused-ring (bicyclic) bond motifs is 1. The molecule has 0 saturated carbocycles. The van der Waals surface area contributed by atoms with Crippen molar-refractivity contribution in [2.45, 2.75) is 13.0 Å². The number of benzene rings is 1. The van der Waals surface area contributed by atoms with E-state index in [0.717, 1.165) is 42.1 Å². The van der Waals surface area contributed by atoms with E-state index in [9.17, 15) is 0 Å². The summed E-state index contributed by atoms with van der Waals surface area (Å²) in [6.07, 6.45) is 4.72. The first-order chi connectivity index (χ1) is 9.33. The maximum atomic E-state index is 5.75. The van der Waals surface area contributed by atoms with Crippen LogP contribution < -0.4 is 5.32 Å². The van der Waals surface area contributed by atoms with Crippen LogP contribution in [0.3, 0.4) is 0 Å². The van der Waals surface area contributed by atoms with Crippen molar-refractivity contribution in [3.63, 3.8) is 0 Å². The van der Waals surface area contributed by atoms with Crippen LogP contribution in [0.15, 0.2) is 47.1 Å². The molecule has 19 heavy (non-hydrogen) atoms. The van der Waals surface area contributed by atoms with E-state index < -0.39 is 0 Å². The summed E-state index contributed by atoms with van der Waals surface area (Å²) in [5.41, 5.74) is 0.948. The summed E-state index contributed by atoms with van der Waals surface area (Å²) in [4.78, 5) is 4.29. The summed E-state index contributed by atoms with van der Waals surface area (Å²) < 4.78 is 7.79. The third kappa shape index (κ3) is 2.69. The zero-order valence-corrected chi connectivity index (χ0v) is 11.0. The Morgan fingerprint density at radius 2 is 2.21 bits per heavy atom. The molecule has 98 valence electrons. The van der Waals surface area contributed by atoms with Gasteiger partial charge in [-0.3, -0.25) is 0 Å². The average Bonchev–Trinajstić information content (AvgIpc) is 3.00.